The van der Waals surface area contributed by atoms with Crippen LogP contribution in [0.2, 0.25) is 0 Å². The first-order valence-electron chi connectivity index (χ1n) is 7.14. The first-order chi connectivity index (χ1) is 12.0. The Balaban J connectivity index is 2.14. The van der Waals surface area contributed by atoms with Gasteiger partial charge in [-0.2, -0.15) is 0 Å². The molecule has 0 amide bonds. The van der Waals surface area contributed by atoms with E-state index in [1.165, 1.54) is 25.3 Å². The molecule has 1 aliphatic rings. The fourth-order valence-electron chi connectivity index (χ4n) is 2.41. The zero-order valence-corrected chi connectivity index (χ0v) is 15.2. The Kier molecular flexibility index (Phi) is 4.88. The van der Waals surface area contributed by atoms with Crippen molar-refractivity contribution in [1.82, 2.24) is 0 Å². The molecule has 1 aliphatic heterocycles. The summed E-state index contributed by atoms with van der Waals surface area (Å²) in [7, 11) is 1.23. The molecule has 0 aliphatic carbocycles. The van der Waals surface area contributed by atoms with Crippen LogP contribution in [0, 0.1) is 13.7 Å². The topological polar surface area (TPSA) is 87.9 Å². The number of nitro groups is 1. The number of rotatable bonds is 4. The molecule has 0 bridgehead atoms. The summed E-state index contributed by atoms with van der Waals surface area (Å²) in [6.07, 6.45) is 1.41. The number of nitrogens with zero attached hydrogens (tertiary/aromatic N) is 1. The molecule has 0 unspecified atom stereocenters. The van der Waals surface area contributed by atoms with Gasteiger partial charge < -0.3 is 14.2 Å². The number of fused-ring (bicyclic) bond motifs is 1. The van der Waals surface area contributed by atoms with Gasteiger partial charge in [-0.1, -0.05) is 12.1 Å². The SMILES string of the molecule is COC(=O)c1ccccc1/C(=C/c1cc2c(cc1I)OCO2)[N+](=O)[O-]. The number of carbonyl (C=O) groups excluding carboxylic acids is 1. The van der Waals surface area contributed by atoms with Crippen molar-refractivity contribution in [3.05, 3.63) is 66.8 Å². The summed E-state index contributed by atoms with van der Waals surface area (Å²) in [5.74, 6) is 0.485. The standard InChI is InChI=1S/C17H12INO6/c1-23-17(20)12-5-3-2-4-11(12)14(19(21)22)6-10-7-15-16(8-13(10)18)25-9-24-15/h2-8H,9H2,1H3/b14-6-. The van der Waals surface area contributed by atoms with Crippen LogP contribution in [0.15, 0.2) is 36.4 Å². The second-order valence-electron chi connectivity index (χ2n) is 5.05. The smallest absolute Gasteiger partial charge is 0.338 e. The van der Waals surface area contributed by atoms with E-state index < -0.39 is 10.9 Å². The molecule has 0 spiro atoms. The lowest BCUT2D eigenvalue weighted by Gasteiger charge is -2.07. The van der Waals surface area contributed by atoms with Crippen LogP contribution in [-0.2, 0) is 4.74 Å². The van der Waals surface area contributed by atoms with Gasteiger partial charge in [0.15, 0.2) is 11.5 Å². The van der Waals surface area contributed by atoms with Crippen molar-refractivity contribution in [2.75, 3.05) is 13.9 Å². The highest BCUT2D eigenvalue weighted by atomic mass is 127. The van der Waals surface area contributed by atoms with E-state index in [0.717, 1.165) is 3.57 Å². The first-order valence-corrected chi connectivity index (χ1v) is 8.22. The van der Waals surface area contributed by atoms with Crippen molar-refractivity contribution in [1.29, 1.82) is 0 Å². The lowest BCUT2D eigenvalue weighted by atomic mass is 10.0. The highest BCUT2D eigenvalue weighted by Crippen LogP contribution is 2.37. The molecule has 2 aromatic carbocycles. The van der Waals surface area contributed by atoms with E-state index in [1.54, 1.807) is 24.3 Å². The molecule has 0 N–H and O–H groups in total. The molecule has 0 fully saturated rings. The first kappa shape index (κ1) is 17.2. The summed E-state index contributed by atoms with van der Waals surface area (Å²) in [5, 5.41) is 11.6. The Morgan fingerprint density at radius 2 is 1.88 bits per heavy atom. The fraction of sp³-hybridized carbons (Fsp3) is 0.118. The van der Waals surface area contributed by atoms with Crippen molar-refractivity contribution in [3.8, 4) is 11.5 Å². The van der Waals surface area contributed by atoms with E-state index >= 15 is 0 Å². The van der Waals surface area contributed by atoms with Crippen molar-refractivity contribution >= 4 is 40.3 Å². The fourth-order valence-corrected chi connectivity index (χ4v) is 3.01. The maximum Gasteiger partial charge on any atom is 0.338 e. The summed E-state index contributed by atoms with van der Waals surface area (Å²) in [5.41, 5.74) is 0.700. The Morgan fingerprint density at radius 1 is 1.24 bits per heavy atom. The van der Waals surface area contributed by atoms with Gasteiger partial charge in [0.2, 0.25) is 6.79 Å². The molecular weight excluding hydrogens is 441 g/mol. The molecule has 0 saturated carbocycles. The number of hydrogen-bond acceptors (Lipinski definition) is 6. The summed E-state index contributed by atoms with van der Waals surface area (Å²) >= 11 is 2.06. The number of benzene rings is 2. The van der Waals surface area contributed by atoms with Crippen molar-refractivity contribution in [3.63, 3.8) is 0 Å². The van der Waals surface area contributed by atoms with E-state index in [2.05, 4.69) is 22.6 Å². The van der Waals surface area contributed by atoms with Gasteiger partial charge in [0.1, 0.15) is 0 Å². The zero-order chi connectivity index (χ0) is 18.0. The highest BCUT2D eigenvalue weighted by Gasteiger charge is 2.24. The summed E-state index contributed by atoms with van der Waals surface area (Å²) in [6, 6.07) is 9.68. The molecule has 0 aromatic heterocycles. The third kappa shape index (κ3) is 3.43. The molecule has 0 atom stereocenters. The summed E-state index contributed by atoms with van der Waals surface area (Å²) in [6.45, 7) is 0.117. The normalized spacial score (nSPS) is 12.8. The Morgan fingerprint density at radius 3 is 2.52 bits per heavy atom. The maximum absolute atomic E-state index is 11.9. The Bertz CT molecular complexity index is 893. The number of methoxy groups -OCH3 is 1. The van der Waals surface area contributed by atoms with Gasteiger partial charge in [0.05, 0.1) is 23.2 Å². The largest absolute Gasteiger partial charge is 0.465 e. The van der Waals surface area contributed by atoms with Crippen LogP contribution >= 0.6 is 22.6 Å². The van der Waals surface area contributed by atoms with Crippen molar-refractivity contribution < 1.29 is 23.9 Å². The van der Waals surface area contributed by atoms with Crippen molar-refractivity contribution in [2.24, 2.45) is 0 Å². The number of ether oxygens (including phenoxy) is 3. The number of hydrogen-bond donors (Lipinski definition) is 0. The van der Waals surface area contributed by atoms with E-state index in [0.29, 0.717) is 17.1 Å². The summed E-state index contributed by atoms with van der Waals surface area (Å²) in [4.78, 5) is 23.0. The van der Waals surface area contributed by atoms with Crippen molar-refractivity contribution in [2.45, 2.75) is 0 Å². The molecule has 128 valence electrons. The second kappa shape index (κ2) is 7.09. The van der Waals surface area contributed by atoms with Crippen LogP contribution in [0.3, 0.4) is 0 Å². The highest BCUT2D eigenvalue weighted by molar-refractivity contribution is 14.1. The minimum Gasteiger partial charge on any atom is -0.465 e. The number of esters is 1. The van der Waals surface area contributed by atoms with Gasteiger partial charge in [-0.05, 0) is 52.4 Å². The van der Waals surface area contributed by atoms with Crippen LogP contribution in [0.25, 0.3) is 11.8 Å². The van der Waals surface area contributed by atoms with Gasteiger partial charge in [0.25, 0.3) is 5.70 Å². The van der Waals surface area contributed by atoms with Gasteiger partial charge in [-0.25, -0.2) is 4.79 Å². The van der Waals surface area contributed by atoms with E-state index in [9.17, 15) is 14.9 Å². The predicted octanol–water partition coefficient (Wildman–Crippen LogP) is 3.58. The van der Waals surface area contributed by atoms with Crippen LogP contribution in [0.1, 0.15) is 21.5 Å². The third-order valence-corrected chi connectivity index (χ3v) is 4.52. The average Bonchev–Trinajstić information content (AvgIpc) is 3.05. The van der Waals surface area contributed by atoms with Gasteiger partial charge in [0, 0.05) is 9.65 Å². The molecule has 0 saturated heterocycles. The number of carbonyl (C=O) groups is 1. The zero-order valence-electron chi connectivity index (χ0n) is 13.0. The summed E-state index contributed by atoms with van der Waals surface area (Å²) < 4.78 is 16.1. The van der Waals surface area contributed by atoms with Gasteiger partial charge in [-0.15, -0.1) is 0 Å². The van der Waals surface area contributed by atoms with Crippen LogP contribution < -0.4 is 9.47 Å². The number of halogens is 1. The average molecular weight is 453 g/mol. The molecule has 7 nitrogen and oxygen atoms in total. The molecule has 3 rings (SSSR count). The van der Waals surface area contributed by atoms with E-state index in [1.807, 2.05) is 0 Å². The van der Waals surface area contributed by atoms with Crippen LogP contribution in [0.5, 0.6) is 11.5 Å². The van der Waals surface area contributed by atoms with Crippen LogP contribution in [0.4, 0.5) is 0 Å². The quantitative estimate of drug-likeness (QED) is 0.231. The molecule has 2 aromatic rings. The molecule has 0 radical (unpaired) electrons. The molecular formula is C17H12INO6. The lowest BCUT2D eigenvalue weighted by Crippen LogP contribution is -2.08. The Labute approximate surface area is 156 Å². The van der Waals surface area contributed by atoms with E-state index in [4.69, 9.17) is 14.2 Å². The molecule has 8 heteroatoms. The predicted molar refractivity (Wildman–Crippen MR) is 97.9 cm³/mol. The molecule has 1 heterocycles. The monoisotopic (exact) mass is 453 g/mol. The minimum absolute atomic E-state index is 0.117. The van der Waals surface area contributed by atoms with Gasteiger partial charge in [-0.3, -0.25) is 10.1 Å². The van der Waals surface area contributed by atoms with Gasteiger partial charge >= 0.3 is 5.97 Å². The third-order valence-electron chi connectivity index (χ3n) is 3.59. The Hall–Kier alpha value is -2.62. The van der Waals surface area contributed by atoms with E-state index in [-0.39, 0.29) is 23.6 Å². The van der Waals surface area contributed by atoms with Crippen LogP contribution in [-0.4, -0.2) is 24.8 Å². The molecule has 25 heavy (non-hydrogen) atoms. The minimum atomic E-state index is -0.635. The lowest BCUT2D eigenvalue weighted by molar-refractivity contribution is -0.374. The maximum atomic E-state index is 11.9. The second-order valence-corrected chi connectivity index (χ2v) is 6.21.